The van der Waals surface area contributed by atoms with Crippen LogP contribution in [-0.2, 0) is 12.4 Å². The third-order valence-electron chi connectivity index (χ3n) is 4.24. The van der Waals surface area contributed by atoms with Gasteiger partial charge in [-0.2, -0.15) is 0 Å². The fraction of sp³-hybridized carbons (Fsp3) is 0.389. The van der Waals surface area contributed by atoms with Crippen molar-refractivity contribution in [3.63, 3.8) is 0 Å². The summed E-state index contributed by atoms with van der Waals surface area (Å²) in [5.41, 5.74) is 3.10. The van der Waals surface area contributed by atoms with Crippen molar-refractivity contribution in [2.75, 3.05) is 38.2 Å². The Morgan fingerprint density at radius 1 is 1.08 bits per heavy atom. The van der Waals surface area contributed by atoms with Crippen LogP contribution in [-0.4, -0.2) is 43.2 Å². The summed E-state index contributed by atoms with van der Waals surface area (Å²) in [6.45, 7) is 4.73. The van der Waals surface area contributed by atoms with Gasteiger partial charge in [0.15, 0.2) is 0 Å². The summed E-state index contributed by atoms with van der Waals surface area (Å²) in [6, 6.07) is 11.8. The molecule has 0 amide bonds. The molecule has 1 aliphatic heterocycles. The summed E-state index contributed by atoms with van der Waals surface area (Å²) >= 11 is 11.9. The van der Waals surface area contributed by atoms with Crippen LogP contribution in [0.3, 0.4) is 0 Å². The third kappa shape index (κ3) is 4.12. The Balaban J connectivity index is 1.61. The number of methoxy groups -OCH3 is 1. The third-order valence-corrected chi connectivity index (χ3v) is 4.75. The molecular formula is C18H21Cl2N3O. The lowest BCUT2D eigenvalue weighted by atomic mass is 10.2. The maximum absolute atomic E-state index is 6.05. The van der Waals surface area contributed by atoms with Crippen molar-refractivity contribution < 1.29 is 4.74 Å². The van der Waals surface area contributed by atoms with Gasteiger partial charge < -0.3 is 9.64 Å². The Hall–Kier alpha value is -1.49. The van der Waals surface area contributed by atoms with Gasteiger partial charge in [-0.3, -0.25) is 9.88 Å². The van der Waals surface area contributed by atoms with Gasteiger partial charge in [0, 0.05) is 43.8 Å². The van der Waals surface area contributed by atoms with Crippen LogP contribution < -0.4 is 9.64 Å². The van der Waals surface area contributed by atoms with Gasteiger partial charge in [0.2, 0.25) is 0 Å². The highest BCUT2D eigenvalue weighted by Gasteiger charge is 2.20. The zero-order valence-corrected chi connectivity index (χ0v) is 15.2. The molecule has 0 radical (unpaired) electrons. The van der Waals surface area contributed by atoms with E-state index in [1.165, 1.54) is 0 Å². The monoisotopic (exact) mass is 365 g/mol. The topological polar surface area (TPSA) is 28.6 Å². The van der Waals surface area contributed by atoms with Gasteiger partial charge in [0.25, 0.3) is 0 Å². The van der Waals surface area contributed by atoms with Gasteiger partial charge in [-0.25, -0.2) is 0 Å². The van der Waals surface area contributed by atoms with Crippen molar-refractivity contribution in [2.45, 2.75) is 12.4 Å². The minimum atomic E-state index is 0.456. The van der Waals surface area contributed by atoms with E-state index in [0.717, 1.165) is 55.5 Å². The molecule has 0 aliphatic carbocycles. The quantitative estimate of drug-likeness (QED) is 0.753. The number of hydrogen-bond donors (Lipinski definition) is 0. The lowest BCUT2D eigenvalue weighted by Gasteiger charge is -2.36. The summed E-state index contributed by atoms with van der Waals surface area (Å²) in [4.78, 5) is 9.34. The minimum Gasteiger partial charge on any atom is -0.495 e. The molecule has 6 heteroatoms. The minimum absolute atomic E-state index is 0.456. The van der Waals surface area contributed by atoms with Gasteiger partial charge in [0.1, 0.15) is 5.75 Å². The van der Waals surface area contributed by atoms with Crippen molar-refractivity contribution in [3.8, 4) is 5.75 Å². The fourth-order valence-electron chi connectivity index (χ4n) is 2.98. The van der Waals surface area contributed by atoms with Crippen LogP contribution in [0.1, 0.15) is 11.4 Å². The number of anilines is 1. The molecule has 2 aromatic rings. The number of rotatable bonds is 5. The first kappa shape index (κ1) is 17.3. The van der Waals surface area contributed by atoms with Crippen LogP contribution in [0, 0.1) is 0 Å². The molecule has 128 valence electrons. The summed E-state index contributed by atoms with van der Waals surface area (Å²) in [5, 5.41) is 0.694. The second-order valence-corrected chi connectivity index (χ2v) is 6.54. The Bertz CT molecular complexity index is 688. The molecular weight excluding hydrogens is 345 g/mol. The van der Waals surface area contributed by atoms with Crippen molar-refractivity contribution >= 4 is 28.9 Å². The van der Waals surface area contributed by atoms with E-state index in [0.29, 0.717) is 10.9 Å². The van der Waals surface area contributed by atoms with Crippen molar-refractivity contribution in [2.24, 2.45) is 0 Å². The lowest BCUT2D eigenvalue weighted by molar-refractivity contribution is 0.246. The predicted octanol–water partition coefficient (Wildman–Crippen LogP) is 3.80. The van der Waals surface area contributed by atoms with Crippen LogP contribution in [0.4, 0.5) is 5.69 Å². The Kier molecular flexibility index (Phi) is 5.82. The van der Waals surface area contributed by atoms with E-state index < -0.39 is 0 Å². The molecule has 0 atom stereocenters. The van der Waals surface area contributed by atoms with Gasteiger partial charge in [-0.05, 0) is 24.3 Å². The van der Waals surface area contributed by atoms with Crippen LogP contribution in [0.15, 0.2) is 36.4 Å². The molecule has 0 unspecified atom stereocenters. The first-order valence-corrected chi connectivity index (χ1v) is 8.92. The van der Waals surface area contributed by atoms with Crippen LogP contribution in [0.2, 0.25) is 5.02 Å². The van der Waals surface area contributed by atoms with Crippen molar-refractivity contribution in [1.82, 2.24) is 9.88 Å². The Morgan fingerprint density at radius 2 is 1.83 bits per heavy atom. The molecule has 24 heavy (non-hydrogen) atoms. The number of nitrogens with zero attached hydrogens (tertiary/aromatic N) is 3. The molecule has 1 aliphatic rings. The summed E-state index contributed by atoms with van der Waals surface area (Å²) in [7, 11) is 1.68. The fourth-order valence-corrected chi connectivity index (χ4v) is 3.29. The molecule has 0 spiro atoms. The number of hydrogen-bond acceptors (Lipinski definition) is 4. The second kappa shape index (κ2) is 8.06. The molecule has 4 nitrogen and oxygen atoms in total. The largest absolute Gasteiger partial charge is 0.495 e. The van der Waals surface area contributed by atoms with Crippen molar-refractivity contribution in [3.05, 3.63) is 52.8 Å². The lowest BCUT2D eigenvalue weighted by Crippen LogP contribution is -2.46. The van der Waals surface area contributed by atoms with E-state index in [1.54, 1.807) is 7.11 Å². The van der Waals surface area contributed by atoms with E-state index in [4.69, 9.17) is 27.9 Å². The standard InChI is InChI=1S/C18H21Cl2N3O/c1-24-18-11-14(20)5-6-17(18)23-9-7-22(8-10-23)13-16-4-2-3-15(12-19)21-16/h2-6,11H,7-10,12-13H2,1H3. The SMILES string of the molecule is COc1cc(Cl)ccc1N1CCN(Cc2cccc(CCl)n2)CC1. The second-order valence-electron chi connectivity index (χ2n) is 5.83. The number of benzene rings is 1. The average molecular weight is 366 g/mol. The number of piperazine rings is 1. The normalized spacial score (nSPS) is 15.5. The number of aromatic nitrogens is 1. The molecule has 2 heterocycles. The highest BCUT2D eigenvalue weighted by molar-refractivity contribution is 6.30. The molecule has 1 aromatic carbocycles. The smallest absolute Gasteiger partial charge is 0.143 e. The number of pyridine rings is 1. The molecule has 1 saturated heterocycles. The zero-order chi connectivity index (χ0) is 16.9. The predicted molar refractivity (Wildman–Crippen MR) is 99.3 cm³/mol. The molecule has 3 rings (SSSR count). The average Bonchev–Trinajstić information content (AvgIpc) is 2.62. The number of alkyl halides is 1. The molecule has 0 saturated carbocycles. The summed E-state index contributed by atoms with van der Waals surface area (Å²) < 4.78 is 5.47. The van der Waals surface area contributed by atoms with Gasteiger partial charge >= 0.3 is 0 Å². The van der Waals surface area contributed by atoms with E-state index in [1.807, 2.05) is 30.3 Å². The van der Waals surface area contributed by atoms with E-state index in [2.05, 4.69) is 20.9 Å². The maximum atomic E-state index is 6.05. The van der Waals surface area contributed by atoms with Crippen LogP contribution in [0.25, 0.3) is 0 Å². The zero-order valence-electron chi connectivity index (χ0n) is 13.7. The highest BCUT2D eigenvalue weighted by atomic mass is 35.5. The molecule has 1 fully saturated rings. The van der Waals surface area contributed by atoms with Gasteiger partial charge in [0.05, 0.1) is 30.1 Å². The summed E-state index contributed by atoms with van der Waals surface area (Å²) in [6.07, 6.45) is 0. The molecule has 0 N–H and O–H groups in total. The molecule has 0 bridgehead atoms. The van der Waals surface area contributed by atoms with E-state index >= 15 is 0 Å². The first-order chi connectivity index (χ1) is 11.7. The highest BCUT2D eigenvalue weighted by Crippen LogP contribution is 2.31. The number of ether oxygens (including phenoxy) is 1. The van der Waals surface area contributed by atoms with Crippen LogP contribution >= 0.6 is 23.2 Å². The van der Waals surface area contributed by atoms with E-state index in [-0.39, 0.29) is 0 Å². The number of halogens is 2. The Labute approximate surface area is 152 Å². The van der Waals surface area contributed by atoms with Crippen molar-refractivity contribution in [1.29, 1.82) is 0 Å². The first-order valence-electron chi connectivity index (χ1n) is 8.01. The van der Waals surface area contributed by atoms with Crippen LogP contribution in [0.5, 0.6) is 5.75 Å². The Morgan fingerprint density at radius 3 is 2.54 bits per heavy atom. The van der Waals surface area contributed by atoms with E-state index in [9.17, 15) is 0 Å². The van der Waals surface area contributed by atoms with Gasteiger partial charge in [-0.1, -0.05) is 17.7 Å². The maximum Gasteiger partial charge on any atom is 0.143 e. The summed E-state index contributed by atoms with van der Waals surface area (Å²) in [5.74, 6) is 1.28. The van der Waals surface area contributed by atoms with Gasteiger partial charge in [-0.15, -0.1) is 11.6 Å². The molecule has 1 aromatic heterocycles.